The van der Waals surface area contributed by atoms with E-state index in [1.54, 1.807) is 38.3 Å². The number of thioether (sulfide) groups is 1. The number of tetrazole rings is 1. The Morgan fingerprint density at radius 3 is 2.57 bits per heavy atom. The molecule has 0 saturated heterocycles. The van der Waals surface area contributed by atoms with Crippen LogP contribution in [-0.4, -0.2) is 38.5 Å². The van der Waals surface area contributed by atoms with Crippen LogP contribution in [0.5, 0.6) is 5.75 Å². The number of methoxy groups -OCH3 is 1. The SMILES string of the molecule is COc1ccc(-n2nnnc2SC(C)C(=O)Nc2ccc(Cl)c(C(F)(F)F)c2)cc1. The smallest absolute Gasteiger partial charge is 0.417 e. The van der Waals surface area contributed by atoms with Crippen molar-refractivity contribution in [1.82, 2.24) is 20.2 Å². The van der Waals surface area contributed by atoms with E-state index in [2.05, 4.69) is 20.8 Å². The van der Waals surface area contributed by atoms with Gasteiger partial charge in [0.05, 0.1) is 28.6 Å². The fraction of sp³-hybridized carbons (Fsp3) is 0.222. The van der Waals surface area contributed by atoms with E-state index in [0.717, 1.165) is 23.9 Å². The Morgan fingerprint density at radius 1 is 1.23 bits per heavy atom. The monoisotopic (exact) mass is 457 g/mol. The van der Waals surface area contributed by atoms with Crippen molar-refractivity contribution in [3.8, 4) is 11.4 Å². The van der Waals surface area contributed by atoms with Crippen LogP contribution in [0.4, 0.5) is 18.9 Å². The Balaban J connectivity index is 1.72. The molecule has 1 aromatic heterocycles. The van der Waals surface area contributed by atoms with Crippen molar-refractivity contribution in [2.24, 2.45) is 0 Å². The fourth-order valence-electron chi connectivity index (χ4n) is 2.41. The van der Waals surface area contributed by atoms with Crippen LogP contribution in [0.25, 0.3) is 5.69 Å². The minimum atomic E-state index is -4.63. The summed E-state index contributed by atoms with van der Waals surface area (Å²) in [5.74, 6) is 0.148. The maximum absolute atomic E-state index is 13.0. The average molecular weight is 458 g/mol. The molecular weight excluding hydrogens is 443 g/mol. The highest BCUT2D eigenvalue weighted by molar-refractivity contribution is 8.00. The summed E-state index contributed by atoms with van der Waals surface area (Å²) in [5.41, 5.74) is -0.381. The molecule has 3 aromatic rings. The molecule has 1 heterocycles. The van der Waals surface area contributed by atoms with Gasteiger partial charge in [-0.25, -0.2) is 0 Å². The van der Waals surface area contributed by atoms with Gasteiger partial charge in [0.15, 0.2) is 0 Å². The number of ether oxygens (including phenoxy) is 1. The van der Waals surface area contributed by atoms with Crippen LogP contribution in [0.1, 0.15) is 12.5 Å². The van der Waals surface area contributed by atoms with Crippen LogP contribution >= 0.6 is 23.4 Å². The van der Waals surface area contributed by atoms with E-state index >= 15 is 0 Å². The van der Waals surface area contributed by atoms with Gasteiger partial charge in [0.1, 0.15) is 5.75 Å². The second kappa shape index (κ2) is 8.92. The molecule has 0 radical (unpaired) electrons. The van der Waals surface area contributed by atoms with E-state index in [0.29, 0.717) is 16.6 Å². The topological polar surface area (TPSA) is 81.9 Å². The van der Waals surface area contributed by atoms with Gasteiger partial charge in [-0.2, -0.15) is 17.9 Å². The summed E-state index contributed by atoms with van der Waals surface area (Å²) in [6, 6.07) is 10.1. The third-order valence-corrected chi connectivity index (χ3v) is 5.31. The van der Waals surface area contributed by atoms with Crippen molar-refractivity contribution >= 4 is 35.0 Å². The number of halogens is 4. The molecule has 0 aliphatic carbocycles. The first-order chi connectivity index (χ1) is 14.2. The number of rotatable bonds is 6. The van der Waals surface area contributed by atoms with Crippen molar-refractivity contribution in [3.05, 3.63) is 53.1 Å². The Morgan fingerprint density at radius 2 is 1.93 bits per heavy atom. The Hall–Kier alpha value is -2.79. The normalized spacial score (nSPS) is 12.5. The first-order valence-electron chi connectivity index (χ1n) is 8.46. The molecule has 0 bridgehead atoms. The summed E-state index contributed by atoms with van der Waals surface area (Å²) in [6.45, 7) is 1.59. The molecule has 3 rings (SSSR count). The number of hydrogen-bond donors (Lipinski definition) is 1. The highest BCUT2D eigenvalue weighted by atomic mass is 35.5. The van der Waals surface area contributed by atoms with Gasteiger partial charge in [-0.3, -0.25) is 4.79 Å². The van der Waals surface area contributed by atoms with Crippen molar-refractivity contribution in [2.45, 2.75) is 23.5 Å². The van der Waals surface area contributed by atoms with E-state index in [1.807, 2.05) is 0 Å². The summed E-state index contributed by atoms with van der Waals surface area (Å²) >= 11 is 6.66. The molecule has 0 spiro atoms. The highest BCUT2D eigenvalue weighted by Gasteiger charge is 2.33. The number of nitrogens with one attached hydrogen (secondary N) is 1. The van der Waals surface area contributed by atoms with E-state index in [4.69, 9.17) is 16.3 Å². The summed E-state index contributed by atoms with van der Waals surface area (Å²) < 4.78 is 45.5. The first-order valence-corrected chi connectivity index (χ1v) is 9.72. The summed E-state index contributed by atoms with van der Waals surface area (Å²) in [4.78, 5) is 12.5. The molecule has 0 saturated carbocycles. The van der Waals surface area contributed by atoms with E-state index in [1.165, 1.54) is 10.7 Å². The lowest BCUT2D eigenvalue weighted by Gasteiger charge is -2.14. The van der Waals surface area contributed by atoms with Crippen molar-refractivity contribution < 1.29 is 22.7 Å². The van der Waals surface area contributed by atoms with Crippen LogP contribution in [-0.2, 0) is 11.0 Å². The lowest BCUT2D eigenvalue weighted by Crippen LogP contribution is -2.23. The fourth-order valence-corrected chi connectivity index (χ4v) is 3.45. The Labute approximate surface area is 178 Å². The predicted octanol–water partition coefficient (Wildman–Crippen LogP) is 4.46. The Kier molecular flexibility index (Phi) is 6.52. The molecule has 1 N–H and O–H groups in total. The molecule has 1 atom stereocenters. The molecule has 0 aliphatic heterocycles. The molecule has 2 aromatic carbocycles. The van der Waals surface area contributed by atoms with E-state index in [9.17, 15) is 18.0 Å². The van der Waals surface area contributed by atoms with Gasteiger partial charge in [-0.1, -0.05) is 23.4 Å². The molecule has 30 heavy (non-hydrogen) atoms. The molecule has 0 fully saturated rings. The largest absolute Gasteiger partial charge is 0.497 e. The van der Waals surface area contributed by atoms with Gasteiger partial charge >= 0.3 is 6.18 Å². The number of benzene rings is 2. The molecule has 1 amide bonds. The van der Waals surface area contributed by atoms with Crippen molar-refractivity contribution in [3.63, 3.8) is 0 Å². The van der Waals surface area contributed by atoms with E-state index in [-0.39, 0.29) is 5.69 Å². The summed E-state index contributed by atoms with van der Waals surface area (Å²) in [7, 11) is 1.55. The van der Waals surface area contributed by atoms with Gasteiger partial charge in [0.25, 0.3) is 0 Å². The van der Waals surface area contributed by atoms with Crippen LogP contribution in [0, 0.1) is 0 Å². The summed E-state index contributed by atoms with van der Waals surface area (Å²) in [5, 5.41) is 13.1. The molecule has 0 aliphatic rings. The van der Waals surface area contributed by atoms with Crippen LogP contribution in [0.2, 0.25) is 5.02 Å². The van der Waals surface area contributed by atoms with Gasteiger partial charge in [0, 0.05) is 5.69 Å². The van der Waals surface area contributed by atoms with Gasteiger partial charge in [-0.15, -0.1) is 5.10 Å². The second-order valence-electron chi connectivity index (χ2n) is 6.01. The minimum absolute atomic E-state index is 0.0149. The maximum Gasteiger partial charge on any atom is 0.417 e. The van der Waals surface area contributed by atoms with Gasteiger partial charge in [-0.05, 0) is 59.8 Å². The molecular formula is C18H15ClF3N5O2S. The number of carbonyl (C=O) groups is 1. The third kappa shape index (κ3) is 5.03. The van der Waals surface area contributed by atoms with Gasteiger partial charge in [0.2, 0.25) is 11.1 Å². The van der Waals surface area contributed by atoms with Crippen LogP contribution in [0.3, 0.4) is 0 Å². The number of alkyl halides is 3. The zero-order chi connectivity index (χ0) is 21.9. The highest BCUT2D eigenvalue weighted by Crippen LogP contribution is 2.36. The number of anilines is 1. The molecule has 1 unspecified atom stereocenters. The lowest BCUT2D eigenvalue weighted by molar-refractivity contribution is -0.137. The quantitative estimate of drug-likeness (QED) is 0.550. The molecule has 12 heteroatoms. The number of nitrogens with zero attached hydrogens (tertiary/aromatic N) is 4. The van der Waals surface area contributed by atoms with Gasteiger partial charge < -0.3 is 10.1 Å². The number of carbonyl (C=O) groups excluding carboxylic acids is 1. The maximum atomic E-state index is 13.0. The van der Waals surface area contributed by atoms with Crippen molar-refractivity contribution in [1.29, 1.82) is 0 Å². The van der Waals surface area contributed by atoms with Crippen LogP contribution in [0.15, 0.2) is 47.6 Å². The lowest BCUT2D eigenvalue weighted by atomic mass is 10.2. The zero-order valence-electron chi connectivity index (χ0n) is 15.6. The summed E-state index contributed by atoms with van der Waals surface area (Å²) in [6.07, 6.45) is -4.63. The van der Waals surface area contributed by atoms with Crippen LogP contribution < -0.4 is 10.1 Å². The number of aromatic nitrogens is 4. The second-order valence-corrected chi connectivity index (χ2v) is 7.73. The zero-order valence-corrected chi connectivity index (χ0v) is 17.2. The van der Waals surface area contributed by atoms with Crippen molar-refractivity contribution in [2.75, 3.05) is 12.4 Å². The molecule has 7 nitrogen and oxygen atoms in total. The van der Waals surface area contributed by atoms with E-state index < -0.39 is 27.9 Å². The Bertz CT molecular complexity index is 1040. The minimum Gasteiger partial charge on any atom is -0.497 e. The molecule has 158 valence electrons. The standard InChI is InChI=1S/C18H15ClF3N5O2S/c1-10(16(28)23-11-3-8-15(19)14(9-11)18(20,21)22)30-17-24-25-26-27(17)12-4-6-13(29-2)7-5-12/h3-10H,1-2H3,(H,23,28). The third-order valence-electron chi connectivity index (χ3n) is 3.95. The predicted molar refractivity (Wildman–Crippen MR) is 106 cm³/mol. The average Bonchev–Trinajstić information content (AvgIpc) is 3.16. The number of amides is 1. The number of hydrogen-bond acceptors (Lipinski definition) is 6. The first kappa shape index (κ1) is 21.9.